The highest BCUT2D eigenvalue weighted by atomic mass is 16.6. The predicted octanol–water partition coefficient (Wildman–Crippen LogP) is 2.02. The number of cyclic esters (lactones) is 1. The fraction of sp³-hybridized carbons (Fsp3) is 0.500. The van der Waals surface area contributed by atoms with Crippen LogP contribution in [0.4, 0.5) is 4.79 Å². The zero-order valence-electron chi connectivity index (χ0n) is 15.9. The van der Waals surface area contributed by atoms with E-state index in [4.69, 9.17) is 14.2 Å². The van der Waals surface area contributed by atoms with Gasteiger partial charge in [-0.2, -0.15) is 0 Å². The van der Waals surface area contributed by atoms with E-state index in [-0.39, 0.29) is 19.6 Å². The van der Waals surface area contributed by atoms with E-state index in [1.165, 1.54) is 0 Å². The van der Waals surface area contributed by atoms with Crippen molar-refractivity contribution in [3.05, 3.63) is 29.8 Å². The zero-order valence-corrected chi connectivity index (χ0v) is 15.9. The number of carbonyl (C=O) groups is 4. The second kappa shape index (κ2) is 6.05. The topological polar surface area (TPSA) is 99.2 Å². The molecule has 1 aliphatic carbocycles. The molecule has 0 N–H and O–H groups in total. The highest BCUT2D eigenvalue weighted by Gasteiger charge is 2.71. The van der Waals surface area contributed by atoms with Gasteiger partial charge in [-0.05, 0) is 26.8 Å². The van der Waals surface area contributed by atoms with Crippen LogP contribution in [-0.4, -0.2) is 48.1 Å². The van der Waals surface area contributed by atoms with Gasteiger partial charge in [0.25, 0.3) is 0 Å². The lowest BCUT2D eigenvalue weighted by atomic mass is 9.53. The number of hydrogen-bond donors (Lipinski definition) is 0. The van der Waals surface area contributed by atoms with Crippen LogP contribution in [0, 0.1) is 10.8 Å². The zero-order chi connectivity index (χ0) is 20.3. The molecule has 1 aromatic rings. The molecule has 0 aromatic heterocycles. The Labute approximate surface area is 161 Å². The minimum Gasteiger partial charge on any atom is -0.461 e. The summed E-state index contributed by atoms with van der Waals surface area (Å²) in [4.78, 5) is 51.4. The largest absolute Gasteiger partial charge is 0.461 e. The average Bonchev–Trinajstić information content (AvgIpc) is 3.03. The molecule has 0 unspecified atom stereocenters. The van der Waals surface area contributed by atoms with Gasteiger partial charge in [-0.15, -0.1) is 0 Å². The minimum atomic E-state index is -1.60. The van der Waals surface area contributed by atoms with Crippen LogP contribution in [0.2, 0.25) is 0 Å². The van der Waals surface area contributed by atoms with Crippen molar-refractivity contribution in [3.8, 4) is 5.75 Å². The monoisotopic (exact) mass is 387 g/mol. The Balaban J connectivity index is 1.73. The summed E-state index contributed by atoms with van der Waals surface area (Å²) in [7, 11) is 0. The molecule has 148 valence electrons. The Hall–Kier alpha value is -2.90. The molecule has 4 rings (SSSR count). The quantitative estimate of drug-likeness (QED) is 0.435. The van der Waals surface area contributed by atoms with Crippen LogP contribution in [0.5, 0.6) is 5.75 Å². The van der Waals surface area contributed by atoms with E-state index in [2.05, 4.69) is 0 Å². The third-order valence-corrected chi connectivity index (χ3v) is 5.51. The molecule has 2 fully saturated rings. The predicted molar refractivity (Wildman–Crippen MR) is 94.3 cm³/mol. The first-order chi connectivity index (χ1) is 13.2. The molecular formula is C20H21NO7. The minimum absolute atomic E-state index is 0.0325. The van der Waals surface area contributed by atoms with Crippen molar-refractivity contribution in [2.75, 3.05) is 13.2 Å². The van der Waals surface area contributed by atoms with Crippen molar-refractivity contribution < 1.29 is 33.4 Å². The summed E-state index contributed by atoms with van der Waals surface area (Å²) in [5.41, 5.74) is -1.71. The number of esters is 2. The smallest absolute Gasteiger partial charge is 0.416 e. The van der Waals surface area contributed by atoms with E-state index >= 15 is 0 Å². The maximum Gasteiger partial charge on any atom is 0.416 e. The van der Waals surface area contributed by atoms with Gasteiger partial charge < -0.3 is 14.2 Å². The van der Waals surface area contributed by atoms with Crippen LogP contribution in [0.15, 0.2) is 24.3 Å². The van der Waals surface area contributed by atoms with E-state index in [0.29, 0.717) is 11.3 Å². The summed E-state index contributed by atoms with van der Waals surface area (Å²) in [6.07, 6.45) is -1.47. The number of rotatable bonds is 2. The number of hydrogen-bond acceptors (Lipinski definition) is 7. The molecule has 2 aliphatic heterocycles. The van der Waals surface area contributed by atoms with E-state index in [1.807, 2.05) is 0 Å². The average molecular weight is 387 g/mol. The molecule has 0 spiro atoms. The Kier molecular flexibility index (Phi) is 3.99. The molecule has 2 heterocycles. The lowest BCUT2D eigenvalue weighted by molar-refractivity contribution is -0.195. The molecule has 2 amide bonds. The molecule has 28 heavy (non-hydrogen) atoms. The Morgan fingerprint density at radius 2 is 1.93 bits per heavy atom. The molecule has 3 atom stereocenters. The van der Waals surface area contributed by atoms with Gasteiger partial charge in [0.1, 0.15) is 18.5 Å². The van der Waals surface area contributed by atoms with Gasteiger partial charge in [-0.3, -0.25) is 14.4 Å². The van der Waals surface area contributed by atoms with Gasteiger partial charge in [0.2, 0.25) is 5.91 Å². The number of para-hydroxylation sites is 1. The summed E-state index contributed by atoms with van der Waals surface area (Å²) < 4.78 is 15.9. The molecule has 8 nitrogen and oxygen atoms in total. The van der Waals surface area contributed by atoms with Crippen molar-refractivity contribution in [3.63, 3.8) is 0 Å². The summed E-state index contributed by atoms with van der Waals surface area (Å²) in [5.74, 6) is -2.19. The van der Waals surface area contributed by atoms with Crippen molar-refractivity contribution >= 4 is 23.9 Å². The molecule has 1 saturated carbocycles. The van der Waals surface area contributed by atoms with Gasteiger partial charge in [-0.1, -0.05) is 18.2 Å². The van der Waals surface area contributed by atoms with Gasteiger partial charge in [0.05, 0.1) is 17.9 Å². The van der Waals surface area contributed by atoms with Crippen molar-refractivity contribution in [1.82, 2.24) is 4.90 Å². The van der Waals surface area contributed by atoms with E-state index in [9.17, 15) is 19.2 Å². The summed E-state index contributed by atoms with van der Waals surface area (Å²) in [6, 6.07) is 6.85. The fourth-order valence-corrected chi connectivity index (χ4v) is 3.97. The second-order valence-corrected chi connectivity index (χ2v) is 8.35. The van der Waals surface area contributed by atoms with Gasteiger partial charge >= 0.3 is 18.0 Å². The third-order valence-electron chi connectivity index (χ3n) is 5.51. The van der Waals surface area contributed by atoms with Crippen LogP contribution < -0.4 is 4.74 Å². The van der Waals surface area contributed by atoms with Gasteiger partial charge in [0.15, 0.2) is 5.41 Å². The molecular weight excluding hydrogens is 366 g/mol. The van der Waals surface area contributed by atoms with Crippen molar-refractivity contribution in [2.45, 2.75) is 39.2 Å². The molecule has 3 aliphatic rings. The van der Waals surface area contributed by atoms with Gasteiger partial charge in [0, 0.05) is 12.0 Å². The number of carbonyl (C=O) groups excluding carboxylic acids is 4. The second-order valence-electron chi connectivity index (χ2n) is 8.35. The number of nitrogens with zero attached hydrogens (tertiary/aromatic N) is 1. The normalized spacial score (nSPS) is 28.5. The van der Waals surface area contributed by atoms with E-state index in [0.717, 1.165) is 4.90 Å². The number of amides is 2. The van der Waals surface area contributed by atoms with Crippen molar-refractivity contribution in [2.24, 2.45) is 10.8 Å². The maximum atomic E-state index is 13.2. The van der Waals surface area contributed by atoms with Crippen LogP contribution >= 0.6 is 0 Å². The highest BCUT2D eigenvalue weighted by Crippen LogP contribution is 2.60. The van der Waals surface area contributed by atoms with Crippen LogP contribution in [0.3, 0.4) is 0 Å². The van der Waals surface area contributed by atoms with Crippen LogP contribution in [0.25, 0.3) is 0 Å². The fourth-order valence-electron chi connectivity index (χ4n) is 3.97. The standard InChI is InChI=1S/C20H21NO7/c1-19(2,3)16(23)28-13-10-20(15(22)21-8-9-26-18(21)25)14(13)11-6-4-5-7-12(11)27-17(20)24/h4-7,13-14H,8-10H2,1-3H3/t13-,14-,20+/m0/s1. The number of fused-ring (bicyclic) bond motifs is 3. The Morgan fingerprint density at radius 3 is 2.57 bits per heavy atom. The van der Waals surface area contributed by atoms with Gasteiger partial charge in [-0.25, -0.2) is 9.69 Å². The van der Waals surface area contributed by atoms with Crippen LogP contribution in [-0.2, 0) is 23.9 Å². The molecule has 0 radical (unpaired) electrons. The summed E-state index contributed by atoms with van der Waals surface area (Å²) >= 11 is 0. The number of ether oxygens (including phenoxy) is 3. The number of benzene rings is 1. The Morgan fingerprint density at radius 1 is 1.21 bits per heavy atom. The van der Waals surface area contributed by atoms with Crippen molar-refractivity contribution in [1.29, 1.82) is 0 Å². The van der Waals surface area contributed by atoms with E-state index < -0.39 is 46.8 Å². The maximum absolute atomic E-state index is 13.2. The van der Waals surface area contributed by atoms with E-state index in [1.54, 1.807) is 45.0 Å². The Bertz CT molecular complexity index is 887. The first-order valence-corrected chi connectivity index (χ1v) is 9.17. The molecule has 8 heteroatoms. The molecule has 1 saturated heterocycles. The highest BCUT2D eigenvalue weighted by molar-refractivity contribution is 6.11. The summed E-state index contributed by atoms with van der Waals surface area (Å²) in [5, 5.41) is 0. The van der Waals surface area contributed by atoms with Crippen LogP contribution in [0.1, 0.15) is 38.7 Å². The first kappa shape index (κ1) is 18.5. The molecule has 1 aromatic carbocycles. The number of imide groups is 1. The summed E-state index contributed by atoms with van der Waals surface area (Å²) in [6.45, 7) is 5.36. The third kappa shape index (κ3) is 2.51. The lowest BCUT2D eigenvalue weighted by Crippen LogP contribution is -2.66. The molecule has 0 bridgehead atoms. The first-order valence-electron chi connectivity index (χ1n) is 9.17. The lowest BCUT2D eigenvalue weighted by Gasteiger charge is -2.53. The SMILES string of the molecule is CC(C)(C)C(=O)O[C@H]1C[C@@]2(C(=O)N3CCOC3=O)C(=O)Oc3ccccc3[C@@H]12.